The normalized spacial score (nSPS) is 13.4. The van der Waals surface area contributed by atoms with Gasteiger partial charge in [0.05, 0.1) is 0 Å². The number of hydrogen-bond donors (Lipinski definition) is 1. The number of nitrogens with one attached hydrogen (secondary N) is 1. The summed E-state index contributed by atoms with van der Waals surface area (Å²) in [5.41, 5.74) is 0. The van der Waals surface area contributed by atoms with E-state index >= 15 is 0 Å². The van der Waals surface area contributed by atoms with Crippen LogP contribution in [0.1, 0.15) is 40.7 Å². The van der Waals surface area contributed by atoms with Crippen molar-refractivity contribution in [2.45, 2.75) is 46.7 Å². The molecule has 1 unspecified atom stereocenters. The number of rotatable bonds is 7. The first-order valence-electron chi connectivity index (χ1n) is 6.60. The molecule has 0 aliphatic rings. The van der Waals surface area contributed by atoms with E-state index in [0.717, 1.165) is 25.6 Å². The lowest BCUT2D eigenvalue weighted by atomic mass is 10.3. The molecule has 1 aromatic rings. The van der Waals surface area contributed by atoms with E-state index in [1.165, 1.54) is 0 Å². The van der Waals surface area contributed by atoms with Gasteiger partial charge in [-0.3, -0.25) is 0 Å². The molecular formula is C13H26N4. The van der Waals surface area contributed by atoms with Gasteiger partial charge in [-0.2, -0.15) is 0 Å². The van der Waals surface area contributed by atoms with Gasteiger partial charge in [-0.05, 0) is 33.9 Å². The van der Waals surface area contributed by atoms with E-state index in [0.29, 0.717) is 12.1 Å². The zero-order valence-corrected chi connectivity index (χ0v) is 11.8. The molecule has 1 rings (SSSR count). The van der Waals surface area contributed by atoms with Crippen LogP contribution in [-0.4, -0.2) is 40.1 Å². The van der Waals surface area contributed by atoms with E-state index in [4.69, 9.17) is 0 Å². The van der Waals surface area contributed by atoms with Gasteiger partial charge in [-0.25, -0.2) is 4.98 Å². The first-order valence-corrected chi connectivity index (χ1v) is 6.60. The molecule has 0 spiro atoms. The van der Waals surface area contributed by atoms with E-state index in [-0.39, 0.29) is 0 Å². The summed E-state index contributed by atoms with van der Waals surface area (Å²) in [5, 5.41) is 3.38. The molecule has 4 nitrogen and oxygen atoms in total. The van der Waals surface area contributed by atoms with Crippen molar-refractivity contribution in [3.63, 3.8) is 0 Å². The second-order valence-corrected chi connectivity index (χ2v) is 4.79. The van der Waals surface area contributed by atoms with Crippen molar-refractivity contribution >= 4 is 5.95 Å². The summed E-state index contributed by atoms with van der Waals surface area (Å²) in [5.74, 6) is 0.972. The van der Waals surface area contributed by atoms with Gasteiger partial charge in [0, 0.05) is 31.0 Å². The smallest absolute Gasteiger partial charge is 0.203 e. The quantitative estimate of drug-likeness (QED) is 0.792. The van der Waals surface area contributed by atoms with Crippen LogP contribution in [0.15, 0.2) is 12.4 Å². The Morgan fingerprint density at radius 3 is 2.47 bits per heavy atom. The van der Waals surface area contributed by atoms with Crippen LogP contribution < -0.4 is 5.32 Å². The van der Waals surface area contributed by atoms with Crippen LogP contribution in [0, 0.1) is 0 Å². The Kier molecular flexibility index (Phi) is 5.48. The molecule has 0 aromatic carbocycles. The first kappa shape index (κ1) is 14.0. The number of aromatic nitrogens is 2. The second-order valence-electron chi connectivity index (χ2n) is 4.79. The lowest BCUT2D eigenvalue weighted by Crippen LogP contribution is -2.30. The summed E-state index contributed by atoms with van der Waals surface area (Å²) in [4.78, 5) is 6.80. The molecule has 1 heterocycles. The molecule has 4 heteroatoms. The highest BCUT2D eigenvalue weighted by molar-refractivity contribution is 5.27. The van der Waals surface area contributed by atoms with Crippen LogP contribution in [0.4, 0.5) is 5.95 Å². The minimum absolute atomic E-state index is 0.414. The van der Waals surface area contributed by atoms with Crippen molar-refractivity contribution in [2.75, 3.05) is 25.0 Å². The Morgan fingerprint density at radius 2 is 1.94 bits per heavy atom. The molecule has 1 atom stereocenters. The van der Waals surface area contributed by atoms with Gasteiger partial charge in [0.2, 0.25) is 5.95 Å². The van der Waals surface area contributed by atoms with Crippen molar-refractivity contribution in [2.24, 2.45) is 0 Å². The van der Waals surface area contributed by atoms with Crippen LogP contribution in [0.2, 0.25) is 0 Å². The maximum Gasteiger partial charge on any atom is 0.203 e. The molecule has 0 amide bonds. The molecule has 0 aliphatic heterocycles. The summed E-state index contributed by atoms with van der Waals surface area (Å²) >= 11 is 0. The number of hydrogen-bond acceptors (Lipinski definition) is 3. The Bertz CT molecular complexity index is 315. The Labute approximate surface area is 105 Å². The number of imidazole rings is 1. The van der Waals surface area contributed by atoms with Crippen LogP contribution in [0.3, 0.4) is 0 Å². The summed E-state index contributed by atoms with van der Waals surface area (Å²) < 4.78 is 2.22. The molecule has 1 aromatic heterocycles. The lowest BCUT2D eigenvalue weighted by Gasteiger charge is -2.25. The summed E-state index contributed by atoms with van der Waals surface area (Å²) in [6.45, 7) is 14.2. The maximum absolute atomic E-state index is 4.37. The van der Waals surface area contributed by atoms with Gasteiger partial charge in [-0.15, -0.1) is 0 Å². The SMILES string of the molecule is CCN(CC)CC(C)n1ccnc1NC(C)C. The Morgan fingerprint density at radius 1 is 1.29 bits per heavy atom. The monoisotopic (exact) mass is 238 g/mol. The molecule has 17 heavy (non-hydrogen) atoms. The van der Waals surface area contributed by atoms with E-state index in [9.17, 15) is 0 Å². The largest absolute Gasteiger partial charge is 0.353 e. The molecule has 0 saturated carbocycles. The zero-order valence-electron chi connectivity index (χ0n) is 11.8. The van der Waals surface area contributed by atoms with Crippen molar-refractivity contribution in [1.29, 1.82) is 0 Å². The van der Waals surface area contributed by atoms with Gasteiger partial charge in [-0.1, -0.05) is 13.8 Å². The van der Waals surface area contributed by atoms with Gasteiger partial charge in [0.25, 0.3) is 0 Å². The molecule has 0 fully saturated rings. The zero-order chi connectivity index (χ0) is 12.8. The van der Waals surface area contributed by atoms with E-state index in [1.807, 2.05) is 6.20 Å². The molecule has 0 radical (unpaired) electrons. The van der Waals surface area contributed by atoms with Crippen LogP contribution in [-0.2, 0) is 0 Å². The third-order valence-electron chi connectivity index (χ3n) is 2.98. The average molecular weight is 238 g/mol. The van der Waals surface area contributed by atoms with Crippen molar-refractivity contribution < 1.29 is 0 Å². The summed E-state index contributed by atoms with van der Waals surface area (Å²) in [6, 6.07) is 0.857. The molecule has 98 valence electrons. The van der Waals surface area contributed by atoms with E-state index < -0.39 is 0 Å². The highest BCUT2D eigenvalue weighted by atomic mass is 15.2. The van der Waals surface area contributed by atoms with Gasteiger partial charge in [0.1, 0.15) is 0 Å². The number of likely N-dealkylation sites (N-methyl/N-ethyl adjacent to an activating group) is 1. The predicted molar refractivity (Wildman–Crippen MR) is 73.5 cm³/mol. The van der Waals surface area contributed by atoms with Crippen molar-refractivity contribution in [3.05, 3.63) is 12.4 Å². The van der Waals surface area contributed by atoms with Crippen LogP contribution >= 0.6 is 0 Å². The Hall–Kier alpha value is -1.03. The third kappa shape index (κ3) is 4.04. The van der Waals surface area contributed by atoms with Crippen LogP contribution in [0.5, 0.6) is 0 Å². The second kappa shape index (κ2) is 6.64. The fourth-order valence-corrected chi connectivity index (χ4v) is 1.98. The number of nitrogens with zero attached hydrogens (tertiary/aromatic N) is 3. The first-order chi connectivity index (χ1) is 8.08. The maximum atomic E-state index is 4.37. The highest BCUT2D eigenvalue weighted by Crippen LogP contribution is 2.15. The Balaban J connectivity index is 2.67. The average Bonchev–Trinajstić information content (AvgIpc) is 2.72. The molecular weight excluding hydrogens is 212 g/mol. The number of anilines is 1. The summed E-state index contributed by atoms with van der Waals surface area (Å²) in [6.07, 6.45) is 3.92. The van der Waals surface area contributed by atoms with Crippen molar-refractivity contribution in [1.82, 2.24) is 14.5 Å². The van der Waals surface area contributed by atoms with Gasteiger partial charge < -0.3 is 14.8 Å². The molecule has 0 bridgehead atoms. The highest BCUT2D eigenvalue weighted by Gasteiger charge is 2.12. The van der Waals surface area contributed by atoms with Gasteiger partial charge in [0.15, 0.2) is 0 Å². The minimum atomic E-state index is 0.414. The third-order valence-corrected chi connectivity index (χ3v) is 2.98. The van der Waals surface area contributed by atoms with E-state index in [1.54, 1.807) is 0 Å². The molecule has 1 N–H and O–H groups in total. The molecule has 0 aliphatic carbocycles. The lowest BCUT2D eigenvalue weighted by molar-refractivity contribution is 0.262. The van der Waals surface area contributed by atoms with Crippen LogP contribution in [0.25, 0.3) is 0 Å². The predicted octanol–water partition coefficient (Wildman–Crippen LogP) is 2.61. The summed E-state index contributed by atoms with van der Waals surface area (Å²) in [7, 11) is 0. The van der Waals surface area contributed by atoms with Crippen molar-refractivity contribution in [3.8, 4) is 0 Å². The minimum Gasteiger partial charge on any atom is -0.353 e. The fraction of sp³-hybridized carbons (Fsp3) is 0.769. The fourth-order valence-electron chi connectivity index (χ4n) is 1.98. The topological polar surface area (TPSA) is 33.1 Å². The van der Waals surface area contributed by atoms with E-state index in [2.05, 4.69) is 60.6 Å². The van der Waals surface area contributed by atoms with Gasteiger partial charge >= 0.3 is 0 Å². The molecule has 0 saturated heterocycles. The standard InChI is InChI=1S/C13H26N4/c1-6-16(7-2)10-12(5)17-9-8-14-13(17)15-11(3)4/h8-9,11-12H,6-7,10H2,1-5H3,(H,14,15).